The zero-order chi connectivity index (χ0) is 14.6. The summed E-state index contributed by atoms with van der Waals surface area (Å²) in [6.45, 7) is 2.12. The molecular weight excluding hydrogens is 383 g/mol. The van der Waals surface area contributed by atoms with Gasteiger partial charge in [-0.15, -0.1) is 0 Å². The van der Waals surface area contributed by atoms with Gasteiger partial charge in [0, 0.05) is 16.1 Å². The number of hydrogen-bond acceptors (Lipinski definition) is 0. The monoisotopic (exact) mass is 398 g/mol. The van der Waals surface area contributed by atoms with E-state index in [0.29, 0.717) is 0 Å². The molecule has 0 N–H and O–H groups in total. The molecule has 0 aromatic heterocycles. The first-order chi connectivity index (χ1) is 9.61. The van der Waals surface area contributed by atoms with Crippen molar-refractivity contribution in [2.24, 2.45) is 0 Å². The van der Waals surface area contributed by atoms with Crippen molar-refractivity contribution in [3.8, 4) is 0 Å². The molecule has 0 unspecified atom stereocenters. The van der Waals surface area contributed by atoms with Gasteiger partial charge in [-0.05, 0) is 42.2 Å². The Morgan fingerprint density at radius 2 is 1.70 bits per heavy atom. The van der Waals surface area contributed by atoms with Crippen LogP contribution in [0.3, 0.4) is 0 Å². The lowest BCUT2D eigenvalue weighted by Gasteiger charge is -2.31. The highest BCUT2D eigenvalue weighted by Crippen LogP contribution is 2.34. The first-order valence-corrected chi connectivity index (χ1v) is 8.78. The zero-order valence-corrected chi connectivity index (χ0v) is 14.5. The standard InChI is InChI=1S/C17H17Br2F/c1-13-5-2-3-6-14(13)10-17(11-18,12-19)15-7-4-8-16(20)9-15/h2-9H,10-12H2,1H3. The lowest BCUT2D eigenvalue weighted by Crippen LogP contribution is -2.33. The van der Waals surface area contributed by atoms with Gasteiger partial charge in [0.15, 0.2) is 0 Å². The van der Waals surface area contributed by atoms with Crippen molar-refractivity contribution in [2.75, 3.05) is 10.7 Å². The van der Waals surface area contributed by atoms with E-state index in [2.05, 4.69) is 57.0 Å². The lowest BCUT2D eigenvalue weighted by molar-refractivity contribution is 0.540. The maximum absolute atomic E-state index is 13.6. The number of alkyl halides is 2. The smallest absolute Gasteiger partial charge is 0.123 e. The Bertz CT molecular complexity index is 577. The molecule has 0 aliphatic carbocycles. The molecule has 0 spiro atoms. The van der Waals surface area contributed by atoms with Gasteiger partial charge in [0.2, 0.25) is 0 Å². The first kappa shape index (κ1) is 15.7. The summed E-state index contributed by atoms with van der Waals surface area (Å²) < 4.78 is 13.6. The van der Waals surface area contributed by atoms with Crippen LogP contribution in [0, 0.1) is 12.7 Å². The second-order valence-corrected chi connectivity index (χ2v) is 6.28. The van der Waals surface area contributed by atoms with Gasteiger partial charge < -0.3 is 0 Å². The van der Waals surface area contributed by atoms with E-state index in [4.69, 9.17) is 0 Å². The van der Waals surface area contributed by atoms with Crippen LogP contribution in [0.15, 0.2) is 48.5 Å². The normalized spacial score (nSPS) is 11.6. The molecule has 0 atom stereocenters. The van der Waals surface area contributed by atoms with Gasteiger partial charge in [0.25, 0.3) is 0 Å². The Kier molecular flexibility index (Phi) is 5.39. The molecule has 0 heterocycles. The molecule has 0 saturated heterocycles. The first-order valence-electron chi connectivity index (χ1n) is 6.54. The van der Waals surface area contributed by atoms with E-state index >= 15 is 0 Å². The Morgan fingerprint density at radius 1 is 1.00 bits per heavy atom. The van der Waals surface area contributed by atoms with E-state index < -0.39 is 0 Å². The Balaban J connectivity index is 2.42. The predicted octanol–water partition coefficient (Wildman–Crippen LogP) is 5.40. The molecule has 0 saturated carbocycles. The van der Waals surface area contributed by atoms with Crippen molar-refractivity contribution in [3.05, 3.63) is 71.0 Å². The third-order valence-corrected chi connectivity index (χ3v) is 5.89. The molecule has 0 aliphatic rings. The lowest BCUT2D eigenvalue weighted by atomic mass is 9.78. The van der Waals surface area contributed by atoms with E-state index in [0.717, 1.165) is 22.6 Å². The molecule has 0 radical (unpaired) electrons. The zero-order valence-electron chi connectivity index (χ0n) is 11.4. The van der Waals surface area contributed by atoms with E-state index in [-0.39, 0.29) is 11.2 Å². The van der Waals surface area contributed by atoms with Crippen LogP contribution in [-0.4, -0.2) is 10.7 Å². The van der Waals surface area contributed by atoms with Gasteiger partial charge in [0.05, 0.1) is 0 Å². The highest BCUT2D eigenvalue weighted by molar-refractivity contribution is 9.09. The van der Waals surface area contributed by atoms with E-state index in [1.165, 1.54) is 17.2 Å². The second kappa shape index (κ2) is 6.86. The quantitative estimate of drug-likeness (QED) is 0.590. The van der Waals surface area contributed by atoms with Crippen molar-refractivity contribution in [3.63, 3.8) is 0 Å². The molecule has 0 amide bonds. The minimum atomic E-state index is -0.182. The topological polar surface area (TPSA) is 0 Å². The summed E-state index contributed by atoms with van der Waals surface area (Å²) in [7, 11) is 0. The molecule has 3 heteroatoms. The fourth-order valence-electron chi connectivity index (χ4n) is 2.38. The van der Waals surface area contributed by atoms with Gasteiger partial charge in [-0.25, -0.2) is 4.39 Å². The van der Waals surface area contributed by atoms with Crippen LogP contribution in [0.4, 0.5) is 4.39 Å². The molecule has 0 aliphatic heterocycles. The molecule has 2 rings (SSSR count). The van der Waals surface area contributed by atoms with Crippen LogP contribution < -0.4 is 0 Å². The minimum absolute atomic E-state index is 0.145. The van der Waals surface area contributed by atoms with Crippen molar-refractivity contribution in [2.45, 2.75) is 18.8 Å². The summed E-state index contributed by atoms with van der Waals surface area (Å²) in [5, 5.41) is 1.56. The highest BCUT2D eigenvalue weighted by atomic mass is 79.9. The molecule has 0 bridgehead atoms. The summed E-state index contributed by atoms with van der Waals surface area (Å²) in [6.07, 6.45) is 0.875. The summed E-state index contributed by atoms with van der Waals surface area (Å²) in [4.78, 5) is 0. The number of benzene rings is 2. The average molecular weight is 400 g/mol. The maximum Gasteiger partial charge on any atom is 0.123 e. The number of rotatable bonds is 5. The van der Waals surface area contributed by atoms with Crippen LogP contribution in [0.25, 0.3) is 0 Å². The molecule has 2 aromatic rings. The van der Waals surface area contributed by atoms with Crippen LogP contribution in [0.2, 0.25) is 0 Å². The Hall–Kier alpha value is -0.670. The Labute approximate surface area is 136 Å². The summed E-state index contributed by atoms with van der Waals surface area (Å²) in [5.41, 5.74) is 3.45. The van der Waals surface area contributed by atoms with Crippen molar-refractivity contribution in [1.29, 1.82) is 0 Å². The minimum Gasteiger partial charge on any atom is -0.207 e. The fraction of sp³-hybridized carbons (Fsp3) is 0.294. The van der Waals surface area contributed by atoms with Crippen molar-refractivity contribution < 1.29 is 4.39 Å². The number of aryl methyl sites for hydroxylation is 1. The summed E-state index contributed by atoms with van der Waals surface area (Å²) >= 11 is 7.25. The highest BCUT2D eigenvalue weighted by Gasteiger charge is 2.31. The summed E-state index contributed by atoms with van der Waals surface area (Å²) in [6, 6.07) is 15.3. The van der Waals surface area contributed by atoms with Gasteiger partial charge >= 0.3 is 0 Å². The third kappa shape index (κ3) is 3.32. The third-order valence-electron chi connectivity index (χ3n) is 3.74. The van der Waals surface area contributed by atoms with Crippen LogP contribution >= 0.6 is 31.9 Å². The summed E-state index contributed by atoms with van der Waals surface area (Å²) in [5.74, 6) is -0.182. The maximum atomic E-state index is 13.6. The van der Waals surface area contributed by atoms with Gasteiger partial charge in [0.1, 0.15) is 5.82 Å². The molecule has 0 nitrogen and oxygen atoms in total. The fourth-order valence-corrected chi connectivity index (χ4v) is 4.35. The SMILES string of the molecule is Cc1ccccc1CC(CBr)(CBr)c1cccc(F)c1. The van der Waals surface area contributed by atoms with Crippen LogP contribution in [0.5, 0.6) is 0 Å². The van der Waals surface area contributed by atoms with Crippen molar-refractivity contribution >= 4 is 31.9 Å². The predicted molar refractivity (Wildman–Crippen MR) is 90.5 cm³/mol. The number of hydrogen-bond donors (Lipinski definition) is 0. The largest absolute Gasteiger partial charge is 0.207 e. The average Bonchev–Trinajstić information content (AvgIpc) is 2.47. The Morgan fingerprint density at radius 3 is 2.30 bits per heavy atom. The van der Waals surface area contributed by atoms with E-state index in [1.807, 2.05) is 12.1 Å². The van der Waals surface area contributed by atoms with Gasteiger partial charge in [-0.2, -0.15) is 0 Å². The van der Waals surface area contributed by atoms with Crippen molar-refractivity contribution in [1.82, 2.24) is 0 Å². The molecule has 0 fully saturated rings. The molecule has 2 aromatic carbocycles. The van der Waals surface area contributed by atoms with Crippen LogP contribution in [-0.2, 0) is 11.8 Å². The van der Waals surface area contributed by atoms with Crippen LogP contribution in [0.1, 0.15) is 16.7 Å². The van der Waals surface area contributed by atoms with E-state index in [1.54, 1.807) is 12.1 Å². The number of halogens is 3. The van der Waals surface area contributed by atoms with Gasteiger partial charge in [-0.1, -0.05) is 68.3 Å². The van der Waals surface area contributed by atoms with Gasteiger partial charge in [-0.3, -0.25) is 0 Å². The van der Waals surface area contributed by atoms with E-state index in [9.17, 15) is 4.39 Å². The molecular formula is C17H17Br2F. The second-order valence-electron chi connectivity index (χ2n) is 5.16. The molecule has 20 heavy (non-hydrogen) atoms. The molecule has 106 valence electrons.